The molecule has 3 heteroatoms. The molecule has 0 bridgehead atoms. The van der Waals surface area contributed by atoms with E-state index in [0.717, 1.165) is 18.9 Å². The Kier molecular flexibility index (Phi) is 4.78. The van der Waals surface area contributed by atoms with Crippen LogP contribution in [0.15, 0.2) is 0 Å². The van der Waals surface area contributed by atoms with Crippen LogP contribution in [0.2, 0.25) is 0 Å². The van der Waals surface area contributed by atoms with Gasteiger partial charge in [0.05, 0.1) is 18.6 Å². The minimum Gasteiger partial charge on any atom is -0.463 e. The molecule has 1 aliphatic carbocycles. The smallest absolute Gasteiger partial charge is 0.308 e. The van der Waals surface area contributed by atoms with Crippen molar-refractivity contribution in [3.63, 3.8) is 0 Å². The van der Waals surface area contributed by atoms with Gasteiger partial charge in [0, 0.05) is 0 Å². The topological polar surface area (TPSA) is 35.5 Å². The lowest BCUT2D eigenvalue weighted by Gasteiger charge is -2.23. The number of rotatable bonds is 4. The van der Waals surface area contributed by atoms with Gasteiger partial charge in [-0.3, -0.25) is 4.79 Å². The highest BCUT2D eigenvalue weighted by molar-refractivity contribution is 5.72. The van der Waals surface area contributed by atoms with Crippen LogP contribution in [0, 0.1) is 29.1 Å². The van der Waals surface area contributed by atoms with Crippen molar-refractivity contribution < 1.29 is 14.3 Å². The van der Waals surface area contributed by atoms with Gasteiger partial charge in [0.1, 0.15) is 6.61 Å². The van der Waals surface area contributed by atoms with Crippen LogP contribution in [0.4, 0.5) is 0 Å². The predicted octanol–water partition coefficient (Wildman–Crippen LogP) is 3.66. The first-order valence-corrected chi connectivity index (χ1v) is 8.04. The molecule has 0 aromatic heterocycles. The van der Waals surface area contributed by atoms with Crippen LogP contribution in [0.25, 0.3) is 0 Å². The van der Waals surface area contributed by atoms with Gasteiger partial charge in [0.2, 0.25) is 0 Å². The van der Waals surface area contributed by atoms with Crippen LogP contribution in [0.3, 0.4) is 0 Å². The lowest BCUT2D eigenvalue weighted by molar-refractivity contribution is -0.152. The number of carbonyl (C=O) groups excluding carboxylic acids is 1. The summed E-state index contributed by atoms with van der Waals surface area (Å²) in [5.41, 5.74) is 0.161. The van der Waals surface area contributed by atoms with Crippen molar-refractivity contribution in [1.82, 2.24) is 0 Å². The summed E-state index contributed by atoms with van der Waals surface area (Å²) >= 11 is 0. The van der Waals surface area contributed by atoms with Crippen LogP contribution in [0.5, 0.6) is 0 Å². The van der Waals surface area contributed by atoms with E-state index >= 15 is 0 Å². The first-order valence-electron chi connectivity index (χ1n) is 8.04. The summed E-state index contributed by atoms with van der Waals surface area (Å²) in [6.45, 7) is 12.0. The molecule has 0 amide bonds. The second-order valence-electron chi connectivity index (χ2n) is 8.17. The van der Waals surface area contributed by atoms with Gasteiger partial charge in [-0.25, -0.2) is 0 Å². The number of hydrogen-bond donors (Lipinski definition) is 0. The highest BCUT2D eigenvalue weighted by Crippen LogP contribution is 2.43. The molecule has 116 valence electrons. The number of esters is 1. The van der Waals surface area contributed by atoms with Gasteiger partial charge in [-0.05, 0) is 42.4 Å². The zero-order valence-electron chi connectivity index (χ0n) is 13.6. The number of carbonyl (C=O) groups is 1. The molecule has 0 aromatic carbocycles. The average molecular weight is 282 g/mol. The van der Waals surface area contributed by atoms with Crippen molar-refractivity contribution >= 4 is 5.97 Å². The van der Waals surface area contributed by atoms with Gasteiger partial charge in [0.25, 0.3) is 0 Å². The molecule has 1 saturated carbocycles. The van der Waals surface area contributed by atoms with Gasteiger partial charge in [-0.15, -0.1) is 0 Å². The Bertz CT molecular complexity index is 345. The van der Waals surface area contributed by atoms with E-state index in [0.29, 0.717) is 18.4 Å². The summed E-state index contributed by atoms with van der Waals surface area (Å²) in [5.74, 6) is 2.00. The zero-order valence-corrected chi connectivity index (χ0v) is 13.6. The summed E-state index contributed by atoms with van der Waals surface area (Å²) in [7, 11) is 0. The van der Waals surface area contributed by atoms with E-state index in [1.165, 1.54) is 12.8 Å². The SMILES string of the molecule is CC1CC2COC(COC(=O)C(C)CC(C)(C)C)C2C1. The molecular weight excluding hydrogens is 252 g/mol. The van der Waals surface area contributed by atoms with Crippen LogP contribution in [-0.4, -0.2) is 25.3 Å². The van der Waals surface area contributed by atoms with E-state index in [4.69, 9.17) is 9.47 Å². The summed E-state index contributed by atoms with van der Waals surface area (Å²) in [6, 6.07) is 0. The van der Waals surface area contributed by atoms with Crippen LogP contribution in [-0.2, 0) is 14.3 Å². The fourth-order valence-corrected chi connectivity index (χ4v) is 3.94. The lowest BCUT2D eigenvalue weighted by Crippen LogP contribution is -2.28. The second kappa shape index (κ2) is 6.05. The monoisotopic (exact) mass is 282 g/mol. The van der Waals surface area contributed by atoms with Gasteiger partial charge in [-0.1, -0.05) is 34.6 Å². The van der Waals surface area contributed by atoms with Gasteiger partial charge in [0.15, 0.2) is 0 Å². The van der Waals surface area contributed by atoms with Gasteiger partial charge in [-0.2, -0.15) is 0 Å². The standard InChI is InChI=1S/C17H30O3/c1-11-6-13-9-19-15(14(13)7-11)10-20-16(18)12(2)8-17(3,4)5/h11-15H,6-10H2,1-5H3. The maximum Gasteiger partial charge on any atom is 0.308 e. The third-order valence-corrected chi connectivity index (χ3v) is 4.70. The molecule has 1 heterocycles. The van der Waals surface area contributed by atoms with Gasteiger partial charge < -0.3 is 9.47 Å². The van der Waals surface area contributed by atoms with E-state index in [1.807, 2.05) is 6.92 Å². The fraction of sp³-hybridized carbons (Fsp3) is 0.941. The Hall–Kier alpha value is -0.570. The quantitative estimate of drug-likeness (QED) is 0.738. The van der Waals surface area contributed by atoms with E-state index < -0.39 is 0 Å². The van der Waals surface area contributed by atoms with E-state index in [1.54, 1.807) is 0 Å². The number of fused-ring (bicyclic) bond motifs is 1. The largest absolute Gasteiger partial charge is 0.463 e. The minimum absolute atomic E-state index is 0.0327. The normalized spacial score (nSPS) is 34.9. The van der Waals surface area contributed by atoms with Crippen LogP contribution >= 0.6 is 0 Å². The Morgan fingerprint density at radius 3 is 2.70 bits per heavy atom. The Labute approximate surface area is 123 Å². The maximum absolute atomic E-state index is 12.1. The van der Waals surface area contributed by atoms with Crippen molar-refractivity contribution in [2.45, 2.75) is 60.0 Å². The predicted molar refractivity (Wildman–Crippen MR) is 79.3 cm³/mol. The molecule has 0 N–H and O–H groups in total. The summed E-state index contributed by atoms with van der Waals surface area (Å²) < 4.78 is 11.3. The highest BCUT2D eigenvalue weighted by atomic mass is 16.6. The lowest BCUT2D eigenvalue weighted by atomic mass is 9.85. The third kappa shape index (κ3) is 3.97. The summed E-state index contributed by atoms with van der Waals surface area (Å²) in [4.78, 5) is 12.1. The summed E-state index contributed by atoms with van der Waals surface area (Å²) in [6.07, 6.45) is 3.50. The Balaban J connectivity index is 1.76. The van der Waals surface area contributed by atoms with E-state index in [9.17, 15) is 4.79 Å². The molecule has 2 rings (SSSR count). The highest BCUT2D eigenvalue weighted by Gasteiger charge is 2.43. The van der Waals surface area contributed by atoms with Crippen molar-refractivity contribution in [2.75, 3.05) is 13.2 Å². The molecular formula is C17H30O3. The van der Waals surface area contributed by atoms with E-state index in [2.05, 4.69) is 27.7 Å². The number of ether oxygens (including phenoxy) is 2. The first-order chi connectivity index (χ1) is 9.26. The minimum atomic E-state index is -0.0713. The Morgan fingerprint density at radius 1 is 1.35 bits per heavy atom. The molecule has 0 radical (unpaired) electrons. The van der Waals surface area contributed by atoms with Crippen molar-refractivity contribution in [3.05, 3.63) is 0 Å². The van der Waals surface area contributed by atoms with Crippen molar-refractivity contribution in [1.29, 1.82) is 0 Å². The van der Waals surface area contributed by atoms with Crippen LogP contribution < -0.4 is 0 Å². The average Bonchev–Trinajstić information content (AvgIpc) is 2.83. The summed E-state index contributed by atoms with van der Waals surface area (Å²) in [5, 5.41) is 0. The Morgan fingerprint density at radius 2 is 2.05 bits per heavy atom. The van der Waals surface area contributed by atoms with Gasteiger partial charge >= 0.3 is 5.97 Å². The zero-order chi connectivity index (χ0) is 14.9. The second-order valence-corrected chi connectivity index (χ2v) is 8.17. The molecule has 5 atom stereocenters. The maximum atomic E-state index is 12.1. The molecule has 20 heavy (non-hydrogen) atoms. The van der Waals surface area contributed by atoms with Crippen molar-refractivity contribution in [2.24, 2.45) is 29.1 Å². The third-order valence-electron chi connectivity index (χ3n) is 4.70. The molecule has 3 nitrogen and oxygen atoms in total. The molecule has 2 fully saturated rings. The number of hydrogen-bond acceptors (Lipinski definition) is 3. The molecule has 1 saturated heterocycles. The molecule has 5 unspecified atom stereocenters. The van der Waals surface area contributed by atoms with E-state index in [-0.39, 0.29) is 23.4 Å². The molecule has 2 aliphatic rings. The first kappa shape index (κ1) is 15.8. The van der Waals surface area contributed by atoms with Crippen LogP contribution in [0.1, 0.15) is 53.9 Å². The fourth-order valence-electron chi connectivity index (χ4n) is 3.94. The molecule has 0 spiro atoms. The molecule has 0 aromatic rings. The molecule has 1 aliphatic heterocycles. The van der Waals surface area contributed by atoms with Crippen molar-refractivity contribution in [3.8, 4) is 0 Å².